The summed E-state index contributed by atoms with van der Waals surface area (Å²) in [5, 5.41) is 2.05. The van der Waals surface area contributed by atoms with Gasteiger partial charge in [0, 0.05) is 24.0 Å². The van der Waals surface area contributed by atoms with Gasteiger partial charge in [-0.25, -0.2) is 4.79 Å². The fourth-order valence-corrected chi connectivity index (χ4v) is 3.08. The summed E-state index contributed by atoms with van der Waals surface area (Å²) in [7, 11) is 0. The van der Waals surface area contributed by atoms with E-state index >= 15 is 0 Å². The molecular formula is C15H19NO3S. The predicted octanol–water partition coefficient (Wildman–Crippen LogP) is 2.53. The summed E-state index contributed by atoms with van der Waals surface area (Å²) in [4.78, 5) is 26.9. The third kappa shape index (κ3) is 3.48. The van der Waals surface area contributed by atoms with Gasteiger partial charge in [-0.1, -0.05) is 5.57 Å². The van der Waals surface area contributed by atoms with Crippen LogP contribution >= 0.6 is 11.3 Å². The topological polar surface area (TPSA) is 46.6 Å². The summed E-state index contributed by atoms with van der Waals surface area (Å²) < 4.78 is 5.14. The van der Waals surface area contributed by atoms with Crippen LogP contribution in [0.2, 0.25) is 0 Å². The zero-order chi connectivity index (χ0) is 14.7. The molecule has 108 valence electrons. The van der Waals surface area contributed by atoms with E-state index < -0.39 is 12.1 Å². The lowest BCUT2D eigenvalue weighted by molar-refractivity contribution is -0.155. The molecule has 1 atom stereocenters. The molecule has 1 unspecified atom stereocenters. The zero-order valence-electron chi connectivity index (χ0n) is 12.0. The van der Waals surface area contributed by atoms with Crippen molar-refractivity contribution in [3.05, 3.63) is 33.5 Å². The van der Waals surface area contributed by atoms with Crippen molar-refractivity contribution >= 4 is 23.2 Å². The first-order valence-corrected chi connectivity index (χ1v) is 7.55. The first-order valence-electron chi connectivity index (χ1n) is 6.67. The average molecular weight is 293 g/mol. The standard InChI is InChI=1S/C15H19NO3S/c1-10(2)8-14(17)19-11(3)15(18)16-6-4-13-12(9-16)5-7-20-13/h5,7-8,11H,4,6,9H2,1-3H3. The SMILES string of the molecule is CC(C)=CC(=O)OC(C)C(=O)N1CCc2sccc2C1. The Morgan fingerprint density at radius 2 is 2.20 bits per heavy atom. The summed E-state index contributed by atoms with van der Waals surface area (Å²) >= 11 is 1.73. The maximum Gasteiger partial charge on any atom is 0.331 e. The van der Waals surface area contributed by atoms with Gasteiger partial charge in [0.05, 0.1) is 0 Å². The number of hydrogen-bond acceptors (Lipinski definition) is 4. The molecule has 20 heavy (non-hydrogen) atoms. The lowest BCUT2D eigenvalue weighted by atomic mass is 10.1. The minimum Gasteiger partial charge on any atom is -0.449 e. The Hall–Kier alpha value is -1.62. The fourth-order valence-electron chi connectivity index (χ4n) is 2.19. The van der Waals surface area contributed by atoms with Crippen molar-refractivity contribution in [2.24, 2.45) is 0 Å². The summed E-state index contributed by atoms with van der Waals surface area (Å²) in [5.41, 5.74) is 2.06. The number of nitrogens with zero attached hydrogens (tertiary/aromatic N) is 1. The molecule has 1 aromatic rings. The van der Waals surface area contributed by atoms with Crippen LogP contribution in [0.25, 0.3) is 0 Å². The molecule has 2 rings (SSSR count). The highest BCUT2D eigenvalue weighted by atomic mass is 32.1. The summed E-state index contributed by atoms with van der Waals surface area (Å²) in [5.74, 6) is -0.587. The second-order valence-electron chi connectivity index (χ2n) is 5.18. The van der Waals surface area contributed by atoms with Gasteiger partial charge in [-0.15, -0.1) is 11.3 Å². The Morgan fingerprint density at radius 1 is 1.45 bits per heavy atom. The quantitative estimate of drug-likeness (QED) is 0.635. The minimum atomic E-state index is -0.738. The van der Waals surface area contributed by atoms with Crippen molar-refractivity contribution in [1.82, 2.24) is 4.90 Å². The highest BCUT2D eigenvalue weighted by molar-refractivity contribution is 7.10. The second kappa shape index (κ2) is 6.22. The number of thiophene rings is 1. The number of carbonyl (C=O) groups excluding carboxylic acids is 2. The molecule has 0 aromatic carbocycles. The van der Waals surface area contributed by atoms with E-state index in [0.29, 0.717) is 13.1 Å². The van der Waals surface area contributed by atoms with E-state index in [1.165, 1.54) is 16.5 Å². The molecule has 0 N–H and O–H groups in total. The van der Waals surface area contributed by atoms with Crippen LogP contribution in [-0.2, 0) is 27.3 Å². The third-order valence-corrected chi connectivity index (χ3v) is 4.19. The molecule has 0 saturated carbocycles. The van der Waals surface area contributed by atoms with E-state index in [9.17, 15) is 9.59 Å². The molecular weight excluding hydrogens is 274 g/mol. The highest BCUT2D eigenvalue weighted by Crippen LogP contribution is 2.24. The van der Waals surface area contributed by atoms with Crippen LogP contribution in [0.3, 0.4) is 0 Å². The first kappa shape index (κ1) is 14.8. The van der Waals surface area contributed by atoms with Gasteiger partial charge in [-0.2, -0.15) is 0 Å². The number of carbonyl (C=O) groups is 2. The minimum absolute atomic E-state index is 0.127. The lowest BCUT2D eigenvalue weighted by Crippen LogP contribution is -2.42. The molecule has 1 aromatic heterocycles. The molecule has 5 heteroatoms. The Bertz CT molecular complexity index is 543. The van der Waals surface area contributed by atoms with Crippen molar-refractivity contribution in [2.45, 2.75) is 39.8 Å². The number of hydrogen-bond donors (Lipinski definition) is 0. The van der Waals surface area contributed by atoms with Crippen LogP contribution in [0.4, 0.5) is 0 Å². The molecule has 0 aliphatic carbocycles. The molecule has 1 aliphatic rings. The second-order valence-corrected chi connectivity index (χ2v) is 6.18. The monoisotopic (exact) mass is 293 g/mol. The van der Waals surface area contributed by atoms with E-state index in [4.69, 9.17) is 4.74 Å². The van der Waals surface area contributed by atoms with Gasteiger partial charge in [0.2, 0.25) is 0 Å². The van der Waals surface area contributed by atoms with E-state index in [-0.39, 0.29) is 5.91 Å². The van der Waals surface area contributed by atoms with Crippen molar-refractivity contribution in [2.75, 3.05) is 6.54 Å². The number of ether oxygens (including phenoxy) is 1. The van der Waals surface area contributed by atoms with Gasteiger partial charge in [0.25, 0.3) is 5.91 Å². The highest BCUT2D eigenvalue weighted by Gasteiger charge is 2.26. The van der Waals surface area contributed by atoms with Crippen molar-refractivity contribution in [1.29, 1.82) is 0 Å². The van der Waals surface area contributed by atoms with Crippen LogP contribution < -0.4 is 0 Å². The number of esters is 1. The van der Waals surface area contributed by atoms with Gasteiger partial charge in [-0.05, 0) is 44.2 Å². The zero-order valence-corrected chi connectivity index (χ0v) is 12.8. The maximum absolute atomic E-state index is 12.3. The Morgan fingerprint density at radius 3 is 2.90 bits per heavy atom. The lowest BCUT2D eigenvalue weighted by Gasteiger charge is -2.29. The number of rotatable bonds is 3. The molecule has 4 nitrogen and oxygen atoms in total. The summed E-state index contributed by atoms with van der Waals surface area (Å²) in [6.07, 6.45) is 1.54. The van der Waals surface area contributed by atoms with Crippen LogP contribution in [-0.4, -0.2) is 29.4 Å². The average Bonchev–Trinajstić information content (AvgIpc) is 2.83. The van der Waals surface area contributed by atoms with Crippen molar-refractivity contribution in [3.63, 3.8) is 0 Å². The Kier molecular flexibility index (Phi) is 4.60. The van der Waals surface area contributed by atoms with Crippen LogP contribution in [0.1, 0.15) is 31.2 Å². The maximum atomic E-state index is 12.3. The Labute approximate surface area is 123 Å². The largest absolute Gasteiger partial charge is 0.449 e. The number of allylic oxidation sites excluding steroid dienone is 1. The molecule has 0 radical (unpaired) electrons. The van der Waals surface area contributed by atoms with Crippen molar-refractivity contribution < 1.29 is 14.3 Å². The van der Waals surface area contributed by atoms with Crippen LogP contribution in [0.15, 0.2) is 23.1 Å². The van der Waals surface area contributed by atoms with Gasteiger partial charge in [-0.3, -0.25) is 4.79 Å². The molecule has 0 bridgehead atoms. The first-order chi connectivity index (χ1) is 9.47. The smallest absolute Gasteiger partial charge is 0.331 e. The van der Waals surface area contributed by atoms with Crippen LogP contribution in [0.5, 0.6) is 0 Å². The Balaban J connectivity index is 1.95. The van der Waals surface area contributed by atoms with Gasteiger partial charge >= 0.3 is 5.97 Å². The fraction of sp³-hybridized carbons (Fsp3) is 0.467. The summed E-state index contributed by atoms with van der Waals surface area (Å²) in [6, 6.07) is 2.05. The molecule has 0 fully saturated rings. The van der Waals surface area contributed by atoms with E-state index in [1.54, 1.807) is 23.2 Å². The van der Waals surface area contributed by atoms with E-state index in [0.717, 1.165) is 12.0 Å². The molecule has 2 heterocycles. The molecule has 0 saturated heterocycles. The molecule has 1 aliphatic heterocycles. The van der Waals surface area contributed by atoms with E-state index in [1.807, 2.05) is 13.8 Å². The van der Waals surface area contributed by atoms with Gasteiger partial charge < -0.3 is 9.64 Å². The normalized spacial score (nSPS) is 15.2. The van der Waals surface area contributed by atoms with Gasteiger partial charge in [0.1, 0.15) is 0 Å². The van der Waals surface area contributed by atoms with E-state index in [2.05, 4.69) is 11.4 Å². The number of fused-ring (bicyclic) bond motifs is 1. The predicted molar refractivity (Wildman–Crippen MR) is 78.4 cm³/mol. The van der Waals surface area contributed by atoms with Crippen LogP contribution in [0, 0.1) is 0 Å². The number of amides is 1. The summed E-state index contributed by atoms with van der Waals surface area (Å²) in [6.45, 7) is 6.56. The third-order valence-electron chi connectivity index (χ3n) is 3.17. The molecule has 0 spiro atoms. The van der Waals surface area contributed by atoms with Gasteiger partial charge in [0.15, 0.2) is 6.10 Å². The van der Waals surface area contributed by atoms with Crippen molar-refractivity contribution in [3.8, 4) is 0 Å². The molecule has 1 amide bonds.